The van der Waals surface area contributed by atoms with Gasteiger partial charge in [-0.3, -0.25) is 0 Å². The number of benzene rings is 1. The molecule has 2 atom stereocenters. The second kappa shape index (κ2) is 8.89. The van der Waals surface area contributed by atoms with Gasteiger partial charge in [-0.15, -0.1) is 0 Å². The zero-order valence-electron chi connectivity index (χ0n) is 14.0. The Labute approximate surface area is 138 Å². The number of aliphatic hydroxyl groups is 1. The van der Waals surface area contributed by atoms with Crippen LogP contribution in [0.5, 0.6) is 0 Å². The maximum atomic E-state index is 12.0. The number of amides is 2. The highest BCUT2D eigenvalue weighted by atomic mass is 16.5. The van der Waals surface area contributed by atoms with Gasteiger partial charge in [0.15, 0.2) is 0 Å². The molecular formula is C18H28N2O3. The Morgan fingerprint density at radius 3 is 2.87 bits per heavy atom. The molecule has 23 heavy (non-hydrogen) atoms. The van der Waals surface area contributed by atoms with E-state index in [0.717, 1.165) is 36.9 Å². The third-order valence-electron chi connectivity index (χ3n) is 4.16. The average molecular weight is 320 g/mol. The van der Waals surface area contributed by atoms with Crippen LogP contribution in [0.3, 0.4) is 0 Å². The minimum atomic E-state index is -0.291. The molecule has 0 aliphatic heterocycles. The summed E-state index contributed by atoms with van der Waals surface area (Å²) in [6.45, 7) is 5.04. The van der Waals surface area contributed by atoms with Crippen molar-refractivity contribution < 1.29 is 14.6 Å². The molecule has 5 nitrogen and oxygen atoms in total. The monoisotopic (exact) mass is 320 g/mol. The largest absolute Gasteiger partial charge is 0.393 e. The first-order valence-corrected chi connectivity index (χ1v) is 8.48. The lowest BCUT2D eigenvalue weighted by atomic mass is 9.86. The fourth-order valence-electron chi connectivity index (χ4n) is 2.83. The third-order valence-corrected chi connectivity index (χ3v) is 4.16. The summed E-state index contributed by atoms with van der Waals surface area (Å²) < 4.78 is 5.57. The number of hydrogen-bond acceptors (Lipinski definition) is 3. The Balaban J connectivity index is 1.79. The zero-order chi connectivity index (χ0) is 16.7. The first-order chi connectivity index (χ1) is 11.0. The lowest BCUT2D eigenvalue weighted by molar-refractivity contribution is 0.0657. The van der Waals surface area contributed by atoms with E-state index in [1.165, 1.54) is 0 Å². The van der Waals surface area contributed by atoms with Gasteiger partial charge in [-0.1, -0.05) is 25.0 Å². The van der Waals surface area contributed by atoms with Crippen LogP contribution in [-0.2, 0) is 11.3 Å². The summed E-state index contributed by atoms with van der Waals surface area (Å²) >= 11 is 0. The van der Waals surface area contributed by atoms with Crippen LogP contribution in [0.4, 0.5) is 10.5 Å². The summed E-state index contributed by atoms with van der Waals surface area (Å²) in [5, 5.41) is 15.6. The summed E-state index contributed by atoms with van der Waals surface area (Å²) in [7, 11) is 0. The number of hydrogen-bond donors (Lipinski definition) is 3. The van der Waals surface area contributed by atoms with Gasteiger partial charge < -0.3 is 20.5 Å². The van der Waals surface area contributed by atoms with E-state index in [0.29, 0.717) is 13.2 Å². The van der Waals surface area contributed by atoms with Crippen molar-refractivity contribution in [2.24, 2.45) is 5.92 Å². The SMILES string of the molecule is CC(C)OCc1cccc(NC(=O)NC[C@H]2CCCC[C@@H]2O)c1. The van der Waals surface area contributed by atoms with Gasteiger partial charge in [0.25, 0.3) is 0 Å². The van der Waals surface area contributed by atoms with Gasteiger partial charge in [0.05, 0.1) is 18.8 Å². The van der Waals surface area contributed by atoms with Crippen LogP contribution in [0, 0.1) is 5.92 Å². The molecular weight excluding hydrogens is 292 g/mol. The lowest BCUT2D eigenvalue weighted by Gasteiger charge is -2.27. The van der Waals surface area contributed by atoms with Crippen molar-refractivity contribution in [1.82, 2.24) is 5.32 Å². The topological polar surface area (TPSA) is 70.6 Å². The molecule has 0 radical (unpaired) electrons. The third kappa shape index (κ3) is 6.20. The number of carbonyl (C=O) groups is 1. The van der Waals surface area contributed by atoms with Crippen molar-refractivity contribution in [3.8, 4) is 0 Å². The van der Waals surface area contributed by atoms with Gasteiger partial charge in [-0.2, -0.15) is 0 Å². The van der Waals surface area contributed by atoms with Gasteiger partial charge in [0.2, 0.25) is 0 Å². The lowest BCUT2D eigenvalue weighted by Crippen LogP contribution is -2.38. The van der Waals surface area contributed by atoms with E-state index in [1.807, 2.05) is 38.1 Å². The van der Waals surface area contributed by atoms with Crippen LogP contribution in [0.25, 0.3) is 0 Å². The molecule has 1 aliphatic rings. The molecule has 0 aromatic heterocycles. The number of rotatable bonds is 6. The molecule has 1 aromatic rings. The Bertz CT molecular complexity index is 505. The number of nitrogens with one attached hydrogen (secondary N) is 2. The van der Waals surface area contributed by atoms with E-state index in [2.05, 4.69) is 10.6 Å². The molecule has 0 saturated heterocycles. The molecule has 1 saturated carbocycles. The van der Waals surface area contributed by atoms with Gasteiger partial charge in [0, 0.05) is 18.2 Å². The molecule has 0 bridgehead atoms. The van der Waals surface area contributed by atoms with E-state index in [4.69, 9.17) is 4.74 Å². The highest BCUT2D eigenvalue weighted by Gasteiger charge is 2.23. The second-order valence-electron chi connectivity index (χ2n) is 6.51. The highest BCUT2D eigenvalue weighted by molar-refractivity contribution is 5.89. The molecule has 3 N–H and O–H groups in total. The van der Waals surface area contributed by atoms with Crippen LogP contribution < -0.4 is 10.6 Å². The summed E-state index contributed by atoms with van der Waals surface area (Å²) in [4.78, 5) is 12.0. The fraction of sp³-hybridized carbons (Fsp3) is 0.611. The highest BCUT2D eigenvalue weighted by Crippen LogP contribution is 2.23. The fourth-order valence-corrected chi connectivity index (χ4v) is 2.83. The molecule has 128 valence electrons. The van der Waals surface area contributed by atoms with Crippen molar-refractivity contribution in [3.63, 3.8) is 0 Å². The Morgan fingerprint density at radius 1 is 1.35 bits per heavy atom. The van der Waals surface area contributed by atoms with Crippen LogP contribution in [0.15, 0.2) is 24.3 Å². The van der Waals surface area contributed by atoms with Crippen molar-refractivity contribution in [1.29, 1.82) is 0 Å². The summed E-state index contributed by atoms with van der Waals surface area (Å²) in [6.07, 6.45) is 3.91. The molecule has 1 aromatic carbocycles. The standard InChI is InChI=1S/C18H28N2O3/c1-13(2)23-12-14-6-5-8-16(10-14)20-18(22)19-11-15-7-3-4-9-17(15)21/h5-6,8,10,13,15,17,21H,3-4,7,9,11-12H2,1-2H3,(H2,19,20,22)/t15-,17+/m1/s1. The van der Waals surface area contributed by atoms with E-state index < -0.39 is 0 Å². The smallest absolute Gasteiger partial charge is 0.319 e. The second-order valence-corrected chi connectivity index (χ2v) is 6.51. The van der Waals surface area contributed by atoms with E-state index in [-0.39, 0.29) is 24.2 Å². The molecule has 0 spiro atoms. The van der Waals surface area contributed by atoms with Crippen molar-refractivity contribution in [3.05, 3.63) is 29.8 Å². The Hall–Kier alpha value is -1.59. The first-order valence-electron chi connectivity index (χ1n) is 8.48. The van der Waals surface area contributed by atoms with Crippen LogP contribution in [0.1, 0.15) is 45.1 Å². The molecule has 0 heterocycles. The van der Waals surface area contributed by atoms with E-state index in [9.17, 15) is 9.90 Å². The first kappa shape index (κ1) is 17.8. The molecule has 1 fully saturated rings. The number of anilines is 1. The molecule has 5 heteroatoms. The quantitative estimate of drug-likeness (QED) is 0.753. The molecule has 2 rings (SSSR count). The number of ether oxygens (including phenoxy) is 1. The maximum Gasteiger partial charge on any atom is 0.319 e. The molecule has 1 aliphatic carbocycles. The van der Waals surface area contributed by atoms with E-state index >= 15 is 0 Å². The Kier molecular flexibility index (Phi) is 6.86. The predicted octanol–water partition coefficient (Wildman–Crippen LogP) is 3.28. The Morgan fingerprint density at radius 2 is 2.13 bits per heavy atom. The minimum absolute atomic E-state index is 0.167. The van der Waals surface area contributed by atoms with Gasteiger partial charge >= 0.3 is 6.03 Å². The summed E-state index contributed by atoms with van der Waals surface area (Å²) in [6, 6.07) is 7.42. The predicted molar refractivity (Wildman–Crippen MR) is 91.4 cm³/mol. The minimum Gasteiger partial charge on any atom is -0.393 e. The number of urea groups is 1. The van der Waals surface area contributed by atoms with Crippen LogP contribution in [-0.4, -0.2) is 29.9 Å². The normalized spacial score (nSPS) is 21.2. The zero-order valence-corrected chi connectivity index (χ0v) is 14.0. The molecule has 2 amide bonds. The van der Waals surface area contributed by atoms with Crippen LogP contribution in [0.2, 0.25) is 0 Å². The average Bonchev–Trinajstić information content (AvgIpc) is 2.52. The maximum absolute atomic E-state index is 12.0. The van der Waals surface area contributed by atoms with Crippen molar-refractivity contribution in [2.45, 2.75) is 58.3 Å². The van der Waals surface area contributed by atoms with Gasteiger partial charge in [-0.05, 0) is 44.4 Å². The molecule has 0 unspecified atom stereocenters. The summed E-state index contributed by atoms with van der Waals surface area (Å²) in [5.41, 5.74) is 1.77. The summed E-state index contributed by atoms with van der Waals surface area (Å²) in [5.74, 6) is 0.167. The van der Waals surface area contributed by atoms with Crippen molar-refractivity contribution in [2.75, 3.05) is 11.9 Å². The van der Waals surface area contributed by atoms with Crippen molar-refractivity contribution >= 4 is 11.7 Å². The van der Waals surface area contributed by atoms with Crippen LogP contribution >= 0.6 is 0 Å². The van der Waals surface area contributed by atoms with E-state index in [1.54, 1.807) is 0 Å². The number of aliphatic hydroxyl groups excluding tert-OH is 1. The van der Waals surface area contributed by atoms with Gasteiger partial charge in [0.1, 0.15) is 0 Å². The van der Waals surface area contributed by atoms with Gasteiger partial charge in [-0.25, -0.2) is 4.79 Å². The number of carbonyl (C=O) groups excluding carboxylic acids is 1.